The number of likely N-dealkylation sites (tertiary alicyclic amines) is 1. The molecule has 3 rings (SSSR count). The predicted octanol–water partition coefficient (Wildman–Crippen LogP) is 4.08. The number of ether oxygens (including phenoxy) is 3. The van der Waals surface area contributed by atoms with E-state index in [9.17, 15) is 14.7 Å². The van der Waals surface area contributed by atoms with E-state index in [1.807, 2.05) is 0 Å². The van der Waals surface area contributed by atoms with Crippen molar-refractivity contribution in [3.63, 3.8) is 0 Å². The molecule has 0 spiro atoms. The number of amides is 1. The molecule has 1 aliphatic rings. The van der Waals surface area contributed by atoms with Crippen LogP contribution in [0.5, 0.6) is 11.5 Å². The molecule has 1 unspecified atom stereocenters. The highest BCUT2D eigenvalue weighted by atomic mass is 35.5. The van der Waals surface area contributed by atoms with Gasteiger partial charge in [0, 0.05) is 24.8 Å². The van der Waals surface area contributed by atoms with E-state index in [0.29, 0.717) is 11.3 Å². The topological polar surface area (TPSA) is 85.3 Å². The molecule has 9 heteroatoms. The molecule has 2 aromatic carbocycles. The van der Waals surface area contributed by atoms with E-state index < -0.39 is 23.5 Å². The number of carbonyl (C=O) groups excluding carboxylic acids is 2. The van der Waals surface area contributed by atoms with Crippen molar-refractivity contribution in [2.24, 2.45) is 0 Å². The number of rotatable bonds is 7. The second kappa shape index (κ2) is 9.60. The zero-order valence-electron chi connectivity index (χ0n) is 17.1. The van der Waals surface area contributed by atoms with Gasteiger partial charge in [-0.15, -0.1) is 0 Å². The van der Waals surface area contributed by atoms with Gasteiger partial charge in [0.25, 0.3) is 11.7 Å². The first-order chi connectivity index (χ1) is 14.8. The number of nitrogens with zero attached hydrogens (tertiary/aromatic N) is 1. The number of para-hydroxylation sites is 1. The van der Waals surface area contributed by atoms with Gasteiger partial charge in [0.15, 0.2) is 5.75 Å². The SMILES string of the molecule is COCCN1C(=O)C(=O)/C(=C(/O)c2cc(Cl)c(OC)c(Cl)c2)C1c1ccccc1OC. The second-order valence-corrected chi connectivity index (χ2v) is 7.51. The van der Waals surface area contributed by atoms with Gasteiger partial charge < -0.3 is 24.2 Å². The van der Waals surface area contributed by atoms with Crippen LogP contribution in [0.2, 0.25) is 10.0 Å². The van der Waals surface area contributed by atoms with Crippen molar-refractivity contribution in [3.8, 4) is 11.5 Å². The van der Waals surface area contributed by atoms with Crippen LogP contribution in [0.15, 0.2) is 42.0 Å². The number of halogens is 2. The highest BCUT2D eigenvalue weighted by Gasteiger charge is 2.46. The maximum Gasteiger partial charge on any atom is 0.295 e. The number of ketones is 1. The summed E-state index contributed by atoms with van der Waals surface area (Å²) in [5.74, 6) is -1.27. The van der Waals surface area contributed by atoms with E-state index in [1.165, 1.54) is 38.4 Å². The predicted molar refractivity (Wildman–Crippen MR) is 117 cm³/mol. The summed E-state index contributed by atoms with van der Waals surface area (Å²) in [5, 5.41) is 11.4. The Hall–Kier alpha value is -2.74. The number of methoxy groups -OCH3 is 3. The fourth-order valence-corrected chi connectivity index (χ4v) is 4.20. The molecule has 2 aromatic rings. The Kier molecular flexibility index (Phi) is 7.10. The van der Waals surface area contributed by atoms with Gasteiger partial charge >= 0.3 is 0 Å². The Labute approximate surface area is 189 Å². The average molecular weight is 466 g/mol. The van der Waals surface area contributed by atoms with E-state index in [0.717, 1.165) is 0 Å². The normalized spacial score (nSPS) is 17.8. The summed E-state index contributed by atoms with van der Waals surface area (Å²) in [4.78, 5) is 27.2. The summed E-state index contributed by atoms with van der Waals surface area (Å²) in [7, 11) is 4.40. The largest absolute Gasteiger partial charge is 0.507 e. The van der Waals surface area contributed by atoms with E-state index in [-0.39, 0.29) is 40.1 Å². The lowest BCUT2D eigenvalue weighted by Gasteiger charge is -2.26. The van der Waals surface area contributed by atoms with Crippen LogP contribution in [0, 0.1) is 0 Å². The van der Waals surface area contributed by atoms with Crippen molar-refractivity contribution in [1.29, 1.82) is 0 Å². The zero-order valence-corrected chi connectivity index (χ0v) is 18.7. The number of aliphatic hydroxyl groups excluding tert-OH is 1. The van der Waals surface area contributed by atoms with Crippen LogP contribution in [-0.4, -0.2) is 56.2 Å². The molecule has 1 aliphatic heterocycles. The van der Waals surface area contributed by atoms with Crippen LogP contribution >= 0.6 is 23.2 Å². The molecule has 0 aliphatic carbocycles. The van der Waals surface area contributed by atoms with Gasteiger partial charge in [-0.05, 0) is 18.2 Å². The molecule has 31 heavy (non-hydrogen) atoms. The van der Waals surface area contributed by atoms with Crippen LogP contribution in [-0.2, 0) is 14.3 Å². The van der Waals surface area contributed by atoms with Crippen molar-refractivity contribution in [2.75, 3.05) is 34.5 Å². The molecule has 0 bridgehead atoms. The van der Waals surface area contributed by atoms with E-state index in [4.69, 9.17) is 37.4 Å². The molecule has 0 saturated carbocycles. The number of hydrogen-bond donors (Lipinski definition) is 1. The lowest BCUT2D eigenvalue weighted by Crippen LogP contribution is -2.32. The molecule has 1 heterocycles. The number of Topliss-reactive ketones (excluding diaryl/α,β-unsaturated/α-hetero) is 1. The molecule has 1 N–H and O–H groups in total. The van der Waals surface area contributed by atoms with Crippen molar-refractivity contribution >= 4 is 40.7 Å². The molecule has 1 saturated heterocycles. The Morgan fingerprint density at radius 3 is 2.29 bits per heavy atom. The summed E-state index contributed by atoms with van der Waals surface area (Å²) < 4.78 is 15.7. The summed E-state index contributed by atoms with van der Waals surface area (Å²) in [6.45, 7) is 0.351. The van der Waals surface area contributed by atoms with E-state index in [2.05, 4.69) is 0 Å². The lowest BCUT2D eigenvalue weighted by atomic mass is 9.94. The lowest BCUT2D eigenvalue weighted by molar-refractivity contribution is -0.140. The van der Waals surface area contributed by atoms with Crippen LogP contribution < -0.4 is 9.47 Å². The van der Waals surface area contributed by atoms with Crippen LogP contribution in [0.3, 0.4) is 0 Å². The molecular weight excluding hydrogens is 445 g/mol. The van der Waals surface area contributed by atoms with Gasteiger partial charge in [-0.25, -0.2) is 0 Å². The van der Waals surface area contributed by atoms with Gasteiger partial charge in [-0.2, -0.15) is 0 Å². The Morgan fingerprint density at radius 1 is 1.06 bits per heavy atom. The Morgan fingerprint density at radius 2 is 1.71 bits per heavy atom. The number of aliphatic hydroxyl groups is 1. The number of hydrogen-bond acceptors (Lipinski definition) is 6. The van der Waals surface area contributed by atoms with E-state index in [1.54, 1.807) is 24.3 Å². The van der Waals surface area contributed by atoms with Crippen molar-refractivity contribution in [1.82, 2.24) is 4.90 Å². The summed E-state index contributed by atoms with van der Waals surface area (Å²) in [6.07, 6.45) is 0. The fraction of sp³-hybridized carbons (Fsp3) is 0.273. The summed E-state index contributed by atoms with van der Waals surface area (Å²) in [6, 6.07) is 8.93. The van der Waals surface area contributed by atoms with Gasteiger partial charge in [-0.1, -0.05) is 41.4 Å². The minimum Gasteiger partial charge on any atom is -0.507 e. The molecule has 0 aromatic heterocycles. The first-order valence-electron chi connectivity index (χ1n) is 9.29. The van der Waals surface area contributed by atoms with Gasteiger partial charge in [0.1, 0.15) is 11.5 Å². The first kappa shape index (κ1) is 22.9. The number of benzene rings is 2. The third kappa shape index (κ3) is 4.21. The third-order valence-corrected chi connectivity index (χ3v) is 5.55. The van der Waals surface area contributed by atoms with Gasteiger partial charge in [0.2, 0.25) is 0 Å². The van der Waals surface area contributed by atoms with Crippen molar-refractivity contribution in [3.05, 3.63) is 63.1 Å². The van der Waals surface area contributed by atoms with Crippen LogP contribution in [0.25, 0.3) is 5.76 Å². The van der Waals surface area contributed by atoms with Gasteiger partial charge in [-0.3, -0.25) is 9.59 Å². The monoisotopic (exact) mass is 465 g/mol. The number of carbonyl (C=O) groups is 2. The fourth-order valence-electron chi connectivity index (χ4n) is 3.56. The standard InChI is InChI=1S/C22H21Cl2NO6/c1-29-9-8-25-18(13-6-4-5-7-16(13)30-2)17(20(27)22(25)28)19(26)12-10-14(23)21(31-3)15(24)11-12/h4-7,10-11,18,26H,8-9H2,1-3H3/b19-17+. The van der Waals surface area contributed by atoms with E-state index >= 15 is 0 Å². The van der Waals surface area contributed by atoms with Crippen molar-refractivity contribution < 1.29 is 28.9 Å². The molecule has 1 amide bonds. The molecule has 1 fully saturated rings. The second-order valence-electron chi connectivity index (χ2n) is 6.70. The molecule has 0 radical (unpaired) electrons. The summed E-state index contributed by atoms with van der Waals surface area (Å²) >= 11 is 12.4. The molecule has 7 nitrogen and oxygen atoms in total. The first-order valence-corrected chi connectivity index (χ1v) is 10.0. The molecule has 164 valence electrons. The quantitative estimate of drug-likeness (QED) is 0.376. The van der Waals surface area contributed by atoms with Crippen LogP contribution in [0.1, 0.15) is 17.2 Å². The zero-order chi connectivity index (χ0) is 22.7. The highest BCUT2D eigenvalue weighted by molar-refractivity contribution is 6.46. The van der Waals surface area contributed by atoms with Crippen LogP contribution in [0.4, 0.5) is 0 Å². The van der Waals surface area contributed by atoms with Crippen molar-refractivity contribution in [2.45, 2.75) is 6.04 Å². The smallest absolute Gasteiger partial charge is 0.295 e. The minimum atomic E-state index is -0.883. The average Bonchev–Trinajstić information content (AvgIpc) is 3.01. The maximum absolute atomic E-state index is 13.0. The summed E-state index contributed by atoms with van der Waals surface area (Å²) in [5.41, 5.74) is 0.635. The maximum atomic E-state index is 13.0. The third-order valence-electron chi connectivity index (χ3n) is 4.99. The minimum absolute atomic E-state index is 0.0945. The Bertz CT molecular complexity index is 1030. The highest BCUT2D eigenvalue weighted by Crippen LogP contribution is 2.44. The Balaban J connectivity index is 2.24. The molecule has 1 atom stereocenters. The van der Waals surface area contributed by atoms with Gasteiger partial charge in [0.05, 0.1) is 42.5 Å². The molecular formula is C22H21Cl2NO6.